The number of rotatable bonds is 3. The standard InChI is InChI=1S/C16H20O/c17-16(15-11-5-2-6-12-15)13-7-10-14-8-3-1-4-9-14/h2,5-6,10-14,16-17H,1,3-4,8-9H2/t7?,16-/m0/s1. The van der Waals surface area contributed by atoms with Gasteiger partial charge in [0.2, 0.25) is 0 Å². The summed E-state index contributed by atoms with van der Waals surface area (Å²) in [6.45, 7) is 0. The number of benzene rings is 1. The summed E-state index contributed by atoms with van der Waals surface area (Å²) in [5, 5.41) is 9.91. The Labute approximate surface area is 103 Å². The van der Waals surface area contributed by atoms with Gasteiger partial charge in [0.15, 0.2) is 0 Å². The normalized spacial score (nSPS) is 18.2. The molecule has 0 unspecified atom stereocenters. The molecule has 1 aromatic carbocycles. The van der Waals surface area contributed by atoms with Crippen molar-refractivity contribution in [3.63, 3.8) is 0 Å². The van der Waals surface area contributed by atoms with Gasteiger partial charge in [0.1, 0.15) is 6.10 Å². The lowest BCUT2D eigenvalue weighted by Crippen LogP contribution is -2.01. The van der Waals surface area contributed by atoms with Crippen molar-refractivity contribution < 1.29 is 5.11 Å². The van der Waals surface area contributed by atoms with E-state index < -0.39 is 6.10 Å². The Morgan fingerprint density at radius 1 is 1.12 bits per heavy atom. The second-order valence-electron chi connectivity index (χ2n) is 4.75. The smallest absolute Gasteiger partial charge is 0.104 e. The van der Waals surface area contributed by atoms with E-state index in [9.17, 15) is 5.11 Å². The summed E-state index contributed by atoms with van der Waals surface area (Å²) < 4.78 is 0. The quantitative estimate of drug-likeness (QED) is 0.775. The molecule has 1 saturated carbocycles. The van der Waals surface area contributed by atoms with Gasteiger partial charge in [-0.15, -0.1) is 5.73 Å². The largest absolute Gasteiger partial charge is 0.384 e. The second kappa shape index (κ2) is 6.44. The number of hydrogen-bond donors (Lipinski definition) is 1. The van der Waals surface area contributed by atoms with Crippen molar-refractivity contribution in [3.05, 3.63) is 53.8 Å². The average molecular weight is 228 g/mol. The van der Waals surface area contributed by atoms with Gasteiger partial charge in [0.25, 0.3) is 0 Å². The molecule has 0 heterocycles. The molecule has 1 N–H and O–H groups in total. The third-order valence-corrected chi connectivity index (χ3v) is 3.38. The molecule has 1 aliphatic carbocycles. The summed E-state index contributed by atoms with van der Waals surface area (Å²) in [7, 11) is 0. The maximum Gasteiger partial charge on any atom is 0.104 e. The highest BCUT2D eigenvalue weighted by molar-refractivity contribution is 5.20. The van der Waals surface area contributed by atoms with Crippen molar-refractivity contribution in [1.82, 2.24) is 0 Å². The molecule has 2 rings (SSSR count). The van der Waals surface area contributed by atoms with Crippen molar-refractivity contribution in [2.24, 2.45) is 5.92 Å². The molecule has 0 spiro atoms. The van der Waals surface area contributed by atoms with Gasteiger partial charge in [-0.2, -0.15) is 0 Å². The van der Waals surface area contributed by atoms with Crippen LogP contribution in [0.2, 0.25) is 0 Å². The first-order valence-corrected chi connectivity index (χ1v) is 6.52. The molecule has 1 aromatic rings. The molecule has 1 heteroatoms. The number of hydrogen-bond acceptors (Lipinski definition) is 1. The average Bonchev–Trinajstić information content (AvgIpc) is 2.41. The molecule has 0 aliphatic heterocycles. The Hall–Kier alpha value is -1.30. The van der Waals surface area contributed by atoms with E-state index in [1.165, 1.54) is 32.1 Å². The summed E-state index contributed by atoms with van der Waals surface area (Å²) in [4.78, 5) is 0. The molecule has 0 radical (unpaired) electrons. The monoisotopic (exact) mass is 228 g/mol. The molecule has 0 amide bonds. The van der Waals surface area contributed by atoms with Crippen LogP contribution >= 0.6 is 0 Å². The van der Waals surface area contributed by atoms with E-state index in [0.717, 1.165) is 5.56 Å². The molecule has 0 saturated heterocycles. The fourth-order valence-electron chi connectivity index (χ4n) is 2.33. The number of aliphatic hydroxyl groups excluding tert-OH is 1. The SMILES string of the molecule is O[C@@H](C=C=CC1CCCCC1)c1ccccc1. The second-order valence-corrected chi connectivity index (χ2v) is 4.75. The third-order valence-electron chi connectivity index (χ3n) is 3.38. The highest BCUT2D eigenvalue weighted by Gasteiger charge is 2.09. The zero-order chi connectivity index (χ0) is 11.9. The van der Waals surface area contributed by atoms with Crippen LogP contribution in [-0.2, 0) is 0 Å². The molecular formula is C16H20O. The zero-order valence-electron chi connectivity index (χ0n) is 10.2. The Kier molecular flexibility index (Phi) is 4.61. The Morgan fingerprint density at radius 2 is 1.82 bits per heavy atom. The first-order valence-electron chi connectivity index (χ1n) is 6.52. The molecule has 1 atom stereocenters. The summed E-state index contributed by atoms with van der Waals surface area (Å²) in [6, 6.07) is 9.71. The molecule has 0 bridgehead atoms. The van der Waals surface area contributed by atoms with Crippen molar-refractivity contribution >= 4 is 0 Å². The third kappa shape index (κ3) is 3.89. The fourth-order valence-corrected chi connectivity index (χ4v) is 2.33. The van der Waals surface area contributed by atoms with Gasteiger partial charge in [-0.25, -0.2) is 0 Å². The van der Waals surface area contributed by atoms with Crippen LogP contribution in [0.25, 0.3) is 0 Å². The van der Waals surface area contributed by atoms with Crippen molar-refractivity contribution in [2.45, 2.75) is 38.2 Å². The molecule has 1 fully saturated rings. The Balaban J connectivity index is 1.93. The van der Waals surface area contributed by atoms with Crippen LogP contribution < -0.4 is 0 Å². The van der Waals surface area contributed by atoms with Crippen molar-refractivity contribution in [2.75, 3.05) is 0 Å². The van der Waals surface area contributed by atoms with Crippen LogP contribution in [0.15, 0.2) is 48.2 Å². The van der Waals surface area contributed by atoms with Crippen LogP contribution in [0.1, 0.15) is 43.8 Å². The molecule has 1 aliphatic rings. The van der Waals surface area contributed by atoms with Crippen LogP contribution in [0.5, 0.6) is 0 Å². The fraction of sp³-hybridized carbons (Fsp3) is 0.438. The predicted molar refractivity (Wildman–Crippen MR) is 70.6 cm³/mol. The summed E-state index contributed by atoms with van der Waals surface area (Å²) in [5.74, 6) is 0.669. The summed E-state index contributed by atoms with van der Waals surface area (Å²) >= 11 is 0. The van der Waals surface area contributed by atoms with E-state index in [4.69, 9.17) is 0 Å². The van der Waals surface area contributed by atoms with Gasteiger partial charge in [0.05, 0.1) is 0 Å². The van der Waals surface area contributed by atoms with Gasteiger partial charge in [-0.05, 0) is 36.5 Å². The minimum Gasteiger partial charge on any atom is -0.384 e. The van der Waals surface area contributed by atoms with Crippen LogP contribution in [-0.4, -0.2) is 5.11 Å². The van der Waals surface area contributed by atoms with E-state index in [-0.39, 0.29) is 0 Å². The van der Waals surface area contributed by atoms with Crippen molar-refractivity contribution in [1.29, 1.82) is 0 Å². The molecular weight excluding hydrogens is 208 g/mol. The van der Waals surface area contributed by atoms with Gasteiger partial charge in [-0.1, -0.05) is 49.6 Å². The predicted octanol–water partition coefficient (Wildman–Crippen LogP) is 4.01. The minimum absolute atomic E-state index is 0.531. The van der Waals surface area contributed by atoms with E-state index in [1.54, 1.807) is 6.08 Å². The van der Waals surface area contributed by atoms with Gasteiger partial charge in [0, 0.05) is 0 Å². The van der Waals surface area contributed by atoms with Gasteiger partial charge in [-0.3, -0.25) is 0 Å². The lowest BCUT2D eigenvalue weighted by atomic mass is 9.89. The summed E-state index contributed by atoms with van der Waals surface area (Å²) in [6.07, 6.45) is 9.96. The van der Waals surface area contributed by atoms with Crippen LogP contribution in [0.4, 0.5) is 0 Å². The van der Waals surface area contributed by atoms with E-state index >= 15 is 0 Å². The number of aliphatic hydroxyl groups is 1. The zero-order valence-corrected chi connectivity index (χ0v) is 10.2. The van der Waals surface area contributed by atoms with Gasteiger partial charge >= 0.3 is 0 Å². The maximum atomic E-state index is 9.91. The van der Waals surface area contributed by atoms with Crippen LogP contribution in [0.3, 0.4) is 0 Å². The minimum atomic E-state index is -0.531. The van der Waals surface area contributed by atoms with Crippen LogP contribution in [0, 0.1) is 5.92 Å². The Bertz CT molecular complexity index is 381. The first-order chi connectivity index (χ1) is 8.36. The van der Waals surface area contributed by atoms with E-state index in [2.05, 4.69) is 11.8 Å². The van der Waals surface area contributed by atoms with E-state index in [0.29, 0.717) is 5.92 Å². The molecule has 17 heavy (non-hydrogen) atoms. The van der Waals surface area contributed by atoms with E-state index in [1.807, 2.05) is 30.3 Å². The maximum absolute atomic E-state index is 9.91. The Morgan fingerprint density at radius 3 is 2.53 bits per heavy atom. The van der Waals surface area contributed by atoms with Gasteiger partial charge < -0.3 is 5.11 Å². The molecule has 90 valence electrons. The summed E-state index contributed by atoms with van der Waals surface area (Å²) in [5.41, 5.74) is 4.08. The lowest BCUT2D eigenvalue weighted by Gasteiger charge is -2.16. The topological polar surface area (TPSA) is 20.2 Å². The molecule has 1 nitrogen and oxygen atoms in total. The highest BCUT2D eigenvalue weighted by Crippen LogP contribution is 2.24. The van der Waals surface area contributed by atoms with Crippen molar-refractivity contribution in [3.8, 4) is 0 Å². The lowest BCUT2D eigenvalue weighted by molar-refractivity contribution is 0.229. The molecule has 0 aromatic heterocycles. The highest BCUT2D eigenvalue weighted by atomic mass is 16.3. The first kappa shape index (κ1) is 12.2.